The molecule has 20 heavy (non-hydrogen) atoms. The van der Waals surface area contributed by atoms with Crippen molar-refractivity contribution in [1.29, 1.82) is 0 Å². The number of carbonyl (C=O) groups excluding carboxylic acids is 2. The fraction of sp³-hybridized carbons (Fsp3) is 0.375. The van der Waals surface area contributed by atoms with Crippen LogP contribution in [0.15, 0.2) is 36.4 Å². The number of anilines is 1. The van der Waals surface area contributed by atoms with Gasteiger partial charge < -0.3 is 5.11 Å². The first-order chi connectivity index (χ1) is 9.53. The van der Waals surface area contributed by atoms with Gasteiger partial charge in [0, 0.05) is 0 Å². The maximum Gasteiger partial charge on any atom is 0.241 e. The summed E-state index contributed by atoms with van der Waals surface area (Å²) in [5, 5.41) is 9.34. The standard InChI is InChI=1S/C16H15NO3/c1-16-10-3-2-9(8-10)13(16)14(19)17(15(16)20)11-4-6-12(18)7-5-11/h2-7,9-10,13,18H,8H2,1H3/t9-,10-,13-,16-/m0/s1. The summed E-state index contributed by atoms with van der Waals surface area (Å²) < 4.78 is 0. The smallest absolute Gasteiger partial charge is 0.241 e. The minimum Gasteiger partial charge on any atom is -0.508 e. The van der Waals surface area contributed by atoms with Crippen molar-refractivity contribution in [3.8, 4) is 5.75 Å². The monoisotopic (exact) mass is 269 g/mol. The molecule has 2 bridgehead atoms. The van der Waals surface area contributed by atoms with Crippen molar-refractivity contribution in [1.82, 2.24) is 0 Å². The van der Waals surface area contributed by atoms with E-state index in [0.717, 1.165) is 6.42 Å². The third kappa shape index (κ3) is 1.17. The normalized spacial score (nSPS) is 37.9. The number of rotatable bonds is 1. The molecule has 4 atom stereocenters. The van der Waals surface area contributed by atoms with E-state index in [2.05, 4.69) is 12.2 Å². The average molecular weight is 269 g/mol. The Bertz CT molecular complexity index is 648. The number of hydrogen-bond donors (Lipinski definition) is 1. The van der Waals surface area contributed by atoms with Gasteiger partial charge in [0.2, 0.25) is 11.8 Å². The van der Waals surface area contributed by atoms with E-state index < -0.39 is 5.41 Å². The van der Waals surface area contributed by atoms with Crippen molar-refractivity contribution >= 4 is 17.5 Å². The molecule has 102 valence electrons. The summed E-state index contributed by atoms with van der Waals surface area (Å²) in [7, 11) is 0. The Kier molecular flexibility index (Phi) is 2.05. The molecule has 2 fully saturated rings. The van der Waals surface area contributed by atoms with Crippen LogP contribution in [0.4, 0.5) is 5.69 Å². The summed E-state index contributed by atoms with van der Waals surface area (Å²) in [4.78, 5) is 26.8. The third-order valence-electron chi connectivity index (χ3n) is 5.22. The van der Waals surface area contributed by atoms with Gasteiger partial charge in [-0.1, -0.05) is 12.2 Å². The first-order valence-corrected chi connectivity index (χ1v) is 6.89. The van der Waals surface area contributed by atoms with E-state index in [-0.39, 0.29) is 35.3 Å². The number of phenols is 1. The molecule has 3 aliphatic rings. The topological polar surface area (TPSA) is 57.6 Å². The molecule has 1 aromatic rings. The first kappa shape index (κ1) is 11.7. The van der Waals surface area contributed by atoms with Gasteiger partial charge in [-0.05, 0) is 49.4 Å². The Morgan fingerprint density at radius 1 is 1.20 bits per heavy atom. The average Bonchev–Trinajstić information content (AvgIpc) is 3.05. The van der Waals surface area contributed by atoms with Gasteiger partial charge in [-0.3, -0.25) is 9.59 Å². The molecular weight excluding hydrogens is 254 g/mol. The Morgan fingerprint density at radius 3 is 2.55 bits per heavy atom. The molecular formula is C16H15NO3. The first-order valence-electron chi connectivity index (χ1n) is 6.89. The predicted octanol–water partition coefficient (Wildman–Crippen LogP) is 2.09. The second-order valence-electron chi connectivity index (χ2n) is 6.15. The maximum absolute atomic E-state index is 12.8. The Morgan fingerprint density at radius 2 is 1.90 bits per heavy atom. The molecule has 1 heterocycles. The van der Waals surface area contributed by atoms with E-state index in [1.807, 2.05) is 6.92 Å². The minimum absolute atomic E-state index is 0.0972. The number of imide groups is 1. The zero-order valence-corrected chi connectivity index (χ0v) is 11.1. The Balaban J connectivity index is 1.80. The molecule has 1 aromatic carbocycles. The fourth-order valence-corrected chi connectivity index (χ4v) is 4.15. The van der Waals surface area contributed by atoms with Gasteiger partial charge in [-0.15, -0.1) is 0 Å². The predicted molar refractivity (Wildman–Crippen MR) is 72.9 cm³/mol. The highest BCUT2D eigenvalue weighted by molar-refractivity contribution is 6.24. The van der Waals surface area contributed by atoms with Gasteiger partial charge >= 0.3 is 0 Å². The van der Waals surface area contributed by atoms with Crippen molar-refractivity contribution in [3.05, 3.63) is 36.4 Å². The van der Waals surface area contributed by atoms with E-state index >= 15 is 0 Å². The number of amides is 2. The highest BCUT2D eigenvalue weighted by Gasteiger charge is 2.67. The number of aromatic hydroxyl groups is 1. The van der Waals surface area contributed by atoms with Gasteiger partial charge in [0.1, 0.15) is 5.75 Å². The van der Waals surface area contributed by atoms with E-state index in [1.165, 1.54) is 17.0 Å². The summed E-state index contributed by atoms with van der Waals surface area (Å²) in [5.41, 5.74) is -0.0400. The minimum atomic E-state index is -0.589. The van der Waals surface area contributed by atoms with Crippen molar-refractivity contribution in [2.45, 2.75) is 13.3 Å². The number of nitrogens with zero attached hydrogens (tertiary/aromatic N) is 1. The molecule has 0 radical (unpaired) electrons. The van der Waals surface area contributed by atoms with Crippen molar-refractivity contribution in [2.24, 2.45) is 23.2 Å². The van der Waals surface area contributed by atoms with E-state index in [4.69, 9.17) is 0 Å². The highest BCUT2D eigenvalue weighted by atomic mass is 16.3. The Labute approximate surface area is 116 Å². The molecule has 0 spiro atoms. The van der Waals surface area contributed by atoms with Crippen LogP contribution in [-0.2, 0) is 9.59 Å². The second-order valence-corrected chi connectivity index (χ2v) is 6.15. The number of benzene rings is 1. The quantitative estimate of drug-likeness (QED) is 0.627. The molecule has 2 amide bonds. The number of carbonyl (C=O) groups is 2. The van der Waals surface area contributed by atoms with Crippen molar-refractivity contribution in [3.63, 3.8) is 0 Å². The third-order valence-corrected chi connectivity index (χ3v) is 5.22. The van der Waals surface area contributed by atoms with Gasteiger partial charge in [-0.25, -0.2) is 4.90 Å². The van der Waals surface area contributed by atoms with Gasteiger partial charge in [0.15, 0.2) is 0 Å². The molecule has 1 saturated heterocycles. The lowest BCUT2D eigenvalue weighted by Gasteiger charge is -2.28. The van der Waals surface area contributed by atoms with E-state index in [0.29, 0.717) is 5.69 Å². The van der Waals surface area contributed by atoms with Gasteiger partial charge in [0.05, 0.1) is 17.0 Å². The molecule has 2 aliphatic carbocycles. The number of phenolic OH excluding ortho intramolecular Hbond substituents is 1. The zero-order valence-electron chi connectivity index (χ0n) is 11.1. The largest absolute Gasteiger partial charge is 0.508 e. The molecule has 4 rings (SSSR count). The summed E-state index contributed by atoms with van der Waals surface area (Å²) in [6.07, 6.45) is 5.09. The maximum atomic E-state index is 12.8. The Hall–Kier alpha value is -2.10. The lowest BCUT2D eigenvalue weighted by molar-refractivity contribution is -0.127. The fourth-order valence-electron chi connectivity index (χ4n) is 4.15. The molecule has 1 aliphatic heterocycles. The van der Waals surface area contributed by atoms with Crippen LogP contribution < -0.4 is 4.90 Å². The summed E-state index contributed by atoms with van der Waals surface area (Å²) >= 11 is 0. The molecule has 4 nitrogen and oxygen atoms in total. The molecule has 4 heteroatoms. The molecule has 1 N–H and O–H groups in total. The molecule has 0 aromatic heterocycles. The van der Waals surface area contributed by atoms with Crippen molar-refractivity contribution in [2.75, 3.05) is 4.90 Å². The van der Waals surface area contributed by atoms with Crippen LogP contribution in [0.3, 0.4) is 0 Å². The zero-order chi connectivity index (χ0) is 14.1. The number of allylic oxidation sites excluding steroid dienone is 2. The number of hydrogen-bond acceptors (Lipinski definition) is 3. The lowest BCUT2D eigenvalue weighted by Crippen LogP contribution is -2.37. The van der Waals surface area contributed by atoms with Gasteiger partial charge in [-0.2, -0.15) is 0 Å². The van der Waals surface area contributed by atoms with E-state index in [9.17, 15) is 14.7 Å². The number of fused-ring (bicyclic) bond motifs is 5. The van der Waals surface area contributed by atoms with Crippen molar-refractivity contribution < 1.29 is 14.7 Å². The highest BCUT2D eigenvalue weighted by Crippen LogP contribution is 2.60. The summed E-state index contributed by atoms with van der Waals surface area (Å²) in [6, 6.07) is 6.23. The van der Waals surface area contributed by atoms with Crippen LogP contribution >= 0.6 is 0 Å². The van der Waals surface area contributed by atoms with Crippen LogP contribution in [0, 0.1) is 23.2 Å². The lowest BCUT2D eigenvalue weighted by atomic mass is 9.71. The van der Waals surface area contributed by atoms with Crippen LogP contribution in [0.1, 0.15) is 13.3 Å². The second kappa shape index (κ2) is 3.51. The van der Waals surface area contributed by atoms with Crippen LogP contribution in [-0.4, -0.2) is 16.9 Å². The summed E-state index contributed by atoms with van der Waals surface area (Å²) in [5.74, 6) is 0.0782. The molecule has 1 saturated carbocycles. The van der Waals surface area contributed by atoms with E-state index in [1.54, 1.807) is 12.1 Å². The van der Waals surface area contributed by atoms with Crippen LogP contribution in [0.25, 0.3) is 0 Å². The SMILES string of the molecule is C[C@@]12C(=O)N(c3ccc(O)cc3)C(=O)[C@@H]1[C@H]1C=C[C@H]2C1. The van der Waals surface area contributed by atoms with Gasteiger partial charge in [0.25, 0.3) is 0 Å². The van der Waals surface area contributed by atoms with Crippen LogP contribution in [0.5, 0.6) is 5.75 Å². The van der Waals surface area contributed by atoms with Crippen LogP contribution in [0.2, 0.25) is 0 Å². The summed E-state index contributed by atoms with van der Waals surface area (Å²) in [6.45, 7) is 1.92. The molecule has 0 unspecified atom stereocenters.